The molecule has 4 rings (SSSR count). The molecule has 1 aliphatic heterocycles. The molecule has 1 heterocycles. The lowest BCUT2D eigenvalue weighted by atomic mass is 9.96. The number of hydrogen-bond acceptors (Lipinski definition) is 4. The Balaban J connectivity index is 1.59. The zero-order valence-corrected chi connectivity index (χ0v) is 18.4. The van der Waals surface area contributed by atoms with Gasteiger partial charge in [-0.3, -0.25) is 4.90 Å². The molecule has 0 atom stereocenters. The molecule has 0 bridgehead atoms. The molecule has 0 spiro atoms. The van der Waals surface area contributed by atoms with E-state index >= 15 is 0 Å². The number of nitrogens with zero attached hydrogens (tertiary/aromatic N) is 2. The molecular formula is C26H30N2OS. The van der Waals surface area contributed by atoms with Gasteiger partial charge < -0.3 is 4.84 Å². The standard InChI is InChI=1S/C26H30N2OS/c30-20-21-12-14-23(15-13-21)26(25-11-7-9-22-8-3-4-10-24(22)25)27-29-19-18-28-16-5-1-2-6-17-28/h3-4,7-15,30H,1-2,5-6,16-20H2/b27-26-. The number of rotatable bonds is 7. The van der Waals surface area contributed by atoms with Crippen LogP contribution in [0.2, 0.25) is 0 Å². The van der Waals surface area contributed by atoms with Crippen molar-refractivity contribution in [1.82, 2.24) is 4.90 Å². The maximum absolute atomic E-state index is 5.88. The third-order valence-electron chi connectivity index (χ3n) is 5.81. The minimum Gasteiger partial charge on any atom is -0.394 e. The molecule has 3 aromatic carbocycles. The lowest BCUT2D eigenvalue weighted by Gasteiger charge is -2.18. The molecule has 0 amide bonds. The number of fused-ring (bicyclic) bond motifs is 1. The second kappa shape index (κ2) is 10.6. The van der Waals surface area contributed by atoms with Gasteiger partial charge in [0, 0.05) is 23.4 Å². The third kappa shape index (κ3) is 5.24. The molecule has 4 heteroatoms. The first-order valence-corrected chi connectivity index (χ1v) is 11.6. The van der Waals surface area contributed by atoms with Crippen molar-refractivity contribution in [3.05, 3.63) is 83.4 Å². The van der Waals surface area contributed by atoms with Crippen LogP contribution in [0.3, 0.4) is 0 Å². The largest absolute Gasteiger partial charge is 0.394 e. The maximum Gasteiger partial charge on any atom is 0.129 e. The summed E-state index contributed by atoms with van der Waals surface area (Å²) >= 11 is 4.38. The highest BCUT2D eigenvalue weighted by Crippen LogP contribution is 2.23. The Kier molecular flexibility index (Phi) is 7.44. The average Bonchev–Trinajstić information content (AvgIpc) is 3.08. The van der Waals surface area contributed by atoms with E-state index < -0.39 is 0 Å². The van der Waals surface area contributed by atoms with Gasteiger partial charge in [-0.15, -0.1) is 0 Å². The van der Waals surface area contributed by atoms with Gasteiger partial charge in [0.15, 0.2) is 0 Å². The van der Waals surface area contributed by atoms with Crippen LogP contribution in [-0.4, -0.2) is 36.9 Å². The monoisotopic (exact) mass is 418 g/mol. The van der Waals surface area contributed by atoms with Gasteiger partial charge in [0.05, 0.1) is 0 Å². The summed E-state index contributed by atoms with van der Waals surface area (Å²) in [5.74, 6) is 0.730. The van der Waals surface area contributed by atoms with E-state index in [0.717, 1.165) is 29.1 Å². The summed E-state index contributed by atoms with van der Waals surface area (Å²) in [5, 5.41) is 7.04. The van der Waals surface area contributed by atoms with Crippen molar-refractivity contribution in [3.8, 4) is 0 Å². The summed E-state index contributed by atoms with van der Waals surface area (Å²) in [5.41, 5.74) is 4.24. The van der Waals surface area contributed by atoms with Gasteiger partial charge in [-0.25, -0.2) is 0 Å². The van der Waals surface area contributed by atoms with Gasteiger partial charge in [0.2, 0.25) is 0 Å². The Hall–Kier alpha value is -2.30. The summed E-state index contributed by atoms with van der Waals surface area (Å²) < 4.78 is 0. The molecular weight excluding hydrogens is 388 g/mol. The smallest absolute Gasteiger partial charge is 0.129 e. The number of thiol groups is 1. The molecule has 0 aliphatic carbocycles. The minimum atomic E-state index is 0.614. The minimum absolute atomic E-state index is 0.614. The Morgan fingerprint density at radius 1 is 0.867 bits per heavy atom. The Morgan fingerprint density at radius 3 is 2.37 bits per heavy atom. The van der Waals surface area contributed by atoms with Gasteiger partial charge in [-0.2, -0.15) is 12.6 Å². The van der Waals surface area contributed by atoms with Crippen LogP contribution in [0.4, 0.5) is 0 Å². The molecule has 1 fully saturated rings. The zero-order valence-electron chi connectivity index (χ0n) is 17.5. The molecule has 3 aromatic rings. The highest BCUT2D eigenvalue weighted by Gasteiger charge is 2.13. The highest BCUT2D eigenvalue weighted by atomic mass is 32.1. The van der Waals surface area contributed by atoms with E-state index in [1.807, 2.05) is 0 Å². The summed E-state index contributed by atoms with van der Waals surface area (Å²) in [6, 6.07) is 23.3. The van der Waals surface area contributed by atoms with E-state index in [-0.39, 0.29) is 0 Å². The van der Waals surface area contributed by atoms with E-state index in [2.05, 4.69) is 89.4 Å². The van der Waals surface area contributed by atoms with Crippen LogP contribution < -0.4 is 0 Å². The van der Waals surface area contributed by atoms with Crippen LogP contribution in [0.5, 0.6) is 0 Å². The van der Waals surface area contributed by atoms with Crippen LogP contribution in [0, 0.1) is 0 Å². The Morgan fingerprint density at radius 2 is 1.60 bits per heavy atom. The summed E-state index contributed by atoms with van der Waals surface area (Å²) in [7, 11) is 0. The van der Waals surface area contributed by atoms with Crippen molar-refractivity contribution in [2.24, 2.45) is 5.16 Å². The normalized spacial score (nSPS) is 15.8. The van der Waals surface area contributed by atoms with E-state index in [1.165, 1.54) is 55.1 Å². The number of likely N-dealkylation sites (tertiary alicyclic amines) is 1. The fourth-order valence-electron chi connectivity index (χ4n) is 4.10. The van der Waals surface area contributed by atoms with Crippen molar-refractivity contribution >= 4 is 29.1 Å². The van der Waals surface area contributed by atoms with Crippen molar-refractivity contribution in [3.63, 3.8) is 0 Å². The molecule has 0 aromatic heterocycles. The number of oxime groups is 1. The average molecular weight is 419 g/mol. The molecule has 0 saturated carbocycles. The highest BCUT2D eigenvalue weighted by molar-refractivity contribution is 7.79. The van der Waals surface area contributed by atoms with Gasteiger partial charge in [0.1, 0.15) is 12.3 Å². The topological polar surface area (TPSA) is 24.8 Å². The fraction of sp³-hybridized carbons (Fsp3) is 0.346. The predicted octanol–water partition coefficient (Wildman–Crippen LogP) is 5.91. The number of hydrogen-bond donors (Lipinski definition) is 1. The second-order valence-electron chi connectivity index (χ2n) is 7.91. The van der Waals surface area contributed by atoms with Crippen LogP contribution >= 0.6 is 12.6 Å². The lowest BCUT2D eigenvalue weighted by molar-refractivity contribution is 0.112. The molecule has 0 radical (unpaired) electrons. The molecule has 1 aliphatic rings. The first kappa shape index (κ1) is 21.0. The Labute approximate surface area is 185 Å². The summed E-state index contributed by atoms with van der Waals surface area (Å²) in [6.07, 6.45) is 5.29. The van der Waals surface area contributed by atoms with Crippen molar-refractivity contribution in [2.75, 3.05) is 26.2 Å². The van der Waals surface area contributed by atoms with Gasteiger partial charge in [-0.05, 0) is 42.3 Å². The first-order chi connectivity index (χ1) is 14.8. The molecule has 30 heavy (non-hydrogen) atoms. The lowest BCUT2D eigenvalue weighted by Crippen LogP contribution is -2.28. The van der Waals surface area contributed by atoms with Crippen molar-refractivity contribution in [2.45, 2.75) is 31.4 Å². The first-order valence-electron chi connectivity index (χ1n) is 11.0. The van der Waals surface area contributed by atoms with Gasteiger partial charge in [-0.1, -0.05) is 84.7 Å². The molecule has 0 unspecified atom stereocenters. The Bertz CT molecular complexity index is 970. The van der Waals surface area contributed by atoms with E-state index in [1.54, 1.807) is 0 Å². The molecule has 156 valence electrons. The van der Waals surface area contributed by atoms with Crippen LogP contribution in [-0.2, 0) is 10.6 Å². The SMILES string of the molecule is SCc1ccc(/C(=N/OCCN2CCCCCC2)c2cccc3ccccc23)cc1. The number of benzene rings is 3. The van der Waals surface area contributed by atoms with Gasteiger partial charge >= 0.3 is 0 Å². The van der Waals surface area contributed by atoms with Crippen LogP contribution in [0.1, 0.15) is 42.4 Å². The maximum atomic E-state index is 5.88. The molecule has 3 nitrogen and oxygen atoms in total. The van der Waals surface area contributed by atoms with Crippen molar-refractivity contribution in [1.29, 1.82) is 0 Å². The molecule has 1 saturated heterocycles. The van der Waals surface area contributed by atoms with E-state index in [4.69, 9.17) is 4.84 Å². The van der Waals surface area contributed by atoms with Crippen LogP contribution in [0.15, 0.2) is 71.9 Å². The third-order valence-corrected chi connectivity index (χ3v) is 6.17. The summed E-state index contributed by atoms with van der Waals surface area (Å²) in [6.45, 7) is 3.90. The van der Waals surface area contributed by atoms with Crippen LogP contribution in [0.25, 0.3) is 10.8 Å². The van der Waals surface area contributed by atoms with Gasteiger partial charge in [0.25, 0.3) is 0 Å². The van der Waals surface area contributed by atoms with Crippen molar-refractivity contribution < 1.29 is 4.84 Å². The predicted molar refractivity (Wildman–Crippen MR) is 130 cm³/mol. The second-order valence-corrected chi connectivity index (χ2v) is 8.23. The summed E-state index contributed by atoms with van der Waals surface area (Å²) in [4.78, 5) is 8.39. The molecule has 0 N–H and O–H groups in total. The zero-order chi connectivity index (χ0) is 20.6. The van der Waals surface area contributed by atoms with E-state index in [9.17, 15) is 0 Å². The van der Waals surface area contributed by atoms with E-state index in [0.29, 0.717) is 6.61 Å². The fourth-order valence-corrected chi connectivity index (χ4v) is 4.31. The quantitative estimate of drug-likeness (QED) is 0.223.